The van der Waals surface area contributed by atoms with Crippen LogP contribution in [-0.2, 0) is 17.9 Å². The van der Waals surface area contributed by atoms with Crippen molar-refractivity contribution in [2.24, 2.45) is 11.1 Å². The summed E-state index contributed by atoms with van der Waals surface area (Å²) in [5.41, 5.74) is 7.90. The Kier molecular flexibility index (Phi) is 11.4. The first-order chi connectivity index (χ1) is 11.1. The van der Waals surface area contributed by atoms with E-state index in [1.54, 1.807) is 0 Å². The molecule has 3 N–H and O–H groups in total. The Morgan fingerprint density at radius 3 is 2.08 bits per heavy atom. The van der Waals surface area contributed by atoms with Gasteiger partial charge in [0.25, 0.3) is 0 Å². The van der Waals surface area contributed by atoms with Gasteiger partial charge in [-0.2, -0.15) is 0 Å². The van der Waals surface area contributed by atoms with Crippen LogP contribution < -0.4 is 11.1 Å². The van der Waals surface area contributed by atoms with Crippen LogP contribution in [0.25, 0.3) is 0 Å². The highest BCUT2D eigenvalue weighted by molar-refractivity contribution is 5.85. The van der Waals surface area contributed by atoms with Gasteiger partial charge >= 0.3 is 0 Å². The summed E-state index contributed by atoms with van der Waals surface area (Å²) in [6.07, 6.45) is 4.20. The molecule has 0 unspecified atom stereocenters. The molecule has 1 aromatic rings. The van der Waals surface area contributed by atoms with E-state index in [2.05, 4.69) is 34.5 Å². The lowest BCUT2D eigenvalue weighted by atomic mass is 9.81. The Hall–Kier alpha value is -0.810. The number of carbonyl (C=O) groups is 1. The number of nitrogens with zero attached hydrogens (tertiary/aromatic N) is 1. The summed E-state index contributed by atoms with van der Waals surface area (Å²) < 4.78 is 0. The van der Waals surface area contributed by atoms with E-state index in [9.17, 15) is 4.79 Å². The zero-order valence-corrected chi connectivity index (χ0v) is 17.1. The molecule has 0 saturated carbocycles. The quantitative estimate of drug-likeness (QED) is 0.714. The van der Waals surface area contributed by atoms with Gasteiger partial charge in [0.1, 0.15) is 0 Å². The van der Waals surface area contributed by atoms with E-state index in [0.717, 1.165) is 24.9 Å². The number of rotatable bonds is 8. The highest BCUT2D eigenvalue weighted by atomic mass is 35.5. The summed E-state index contributed by atoms with van der Waals surface area (Å²) in [6.45, 7) is 8.51. The molecule has 25 heavy (non-hydrogen) atoms. The van der Waals surface area contributed by atoms with Crippen LogP contribution in [0.15, 0.2) is 24.3 Å². The first kappa shape index (κ1) is 24.2. The summed E-state index contributed by atoms with van der Waals surface area (Å²) in [5.74, 6) is 0.0751. The van der Waals surface area contributed by atoms with Crippen LogP contribution in [0.2, 0.25) is 0 Å². The molecule has 0 aliphatic carbocycles. The molecule has 6 heteroatoms. The monoisotopic (exact) mass is 389 g/mol. The van der Waals surface area contributed by atoms with Crippen LogP contribution in [0.4, 0.5) is 0 Å². The molecule has 1 aromatic carbocycles. The number of benzene rings is 1. The molecule has 0 atom stereocenters. The zero-order chi connectivity index (χ0) is 16.7. The van der Waals surface area contributed by atoms with Crippen molar-refractivity contribution in [1.82, 2.24) is 10.2 Å². The lowest BCUT2D eigenvalue weighted by Gasteiger charge is -2.28. The minimum Gasteiger partial charge on any atom is -0.352 e. The summed E-state index contributed by atoms with van der Waals surface area (Å²) in [6, 6.07) is 8.59. The Labute approximate surface area is 164 Å². The third-order valence-corrected chi connectivity index (χ3v) is 5.31. The van der Waals surface area contributed by atoms with Gasteiger partial charge in [0.05, 0.1) is 5.41 Å². The molecule has 1 aliphatic rings. The second kappa shape index (κ2) is 11.7. The maximum absolute atomic E-state index is 12.4. The zero-order valence-electron chi connectivity index (χ0n) is 15.4. The minimum atomic E-state index is -0.421. The molecule has 0 bridgehead atoms. The fraction of sp³-hybridized carbons (Fsp3) is 0.632. The van der Waals surface area contributed by atoms with Crippen molar-refractivity contribution in [3.63, 3.8) is 0 Å². The predicted molar refractivity (Wildman–Crippen MR) is 109 cm³/mol. The highest BCUT2D eigenvalue weighted by Crippen LogP contribution is 2.25. The first-order valence-electron chi connectivity index (χ1n) is 8.92. The van der Waals surface area contributed by atoms with E-state index in [1.807, 2.05) is 13.8 Å². The molecule has 144 valence electrons. The van der Waals surface area contributed by atoms with Crippen molar-refractivity contribution >= 4 is 30.7 Å². The van der Waals surface area contributed by atoms with Gasteiger partial charge in [-0.05, 0) is 49.9 Å². The van der Waals surface area contributed by atoms with Gasteiger partial charge in [-0.3, -0.25) is 9.69 Å². The van der Waals surface area contributed by atoms with Gasteiger partial charge < -0.3 is 11.1 Å². The van der Waals surface area contributed by atoms with Gasteiger partial charge in [-0.15, -0.1) is 24.8 Å². The van der Waals surface area contributed by atoms with Crippen molar-refractivity contribution in [1.29, 1.82) is 0 Å². The topological polar surface area (TPSA) is 58.4 Å². The van der Waals surface area contributed by atoms with Gasteiger partial charge in [0, 0.05) is 19.6 Å². The van der Waals surface area contributed by atoms with E-state index in [-0.39, 0.29) is 30.7 Å². The van der Waals surface area contributed by atoms with E-state index in [1.165, 1.54) is 31.5 Å². The standard InChI is InChI=1S/C19H31N3O.2ClH/c1-3-19(4-2,15-20)18(23)21-13-16-7-9-17(10-8-16)14-22-11-5-6-12-22;;/h7-10H,3-6,11-15,20H2,1-2H3,(H,21,23);2*1H. The molecule has 0 aromatic heterocycles. The number of nitrogens with two attached hydrogens (primary N) is 1. The number of likely N-dealkylation sites (tertiary alicyclic amines) is 1. The molecule has 1 fully saturated rings. The third kappa shape index (κ3) is 6.45. The number of hydrogen-bond donors (Lipinski definition) is 2. The van der Waals surface area contributed by atoms with Gasteiger partial charge in [0.2, 0.25) is 5.91 Å². The molecule has 2 rings (SSSR count). The Morgan fingerprint density at radius 1 is 1.08 bits per heavy atom. The Balaban J connectivity index is 0.00000288. The van der Waals surface area contributed by atoms with Gasteiger partial charge in [0.15, 0.2) is 0 Å². The van der Waals surface area contributed by atoms with Crippen LogP contribution >= 0.6 is 24.8 Å². The largest absolute Gasteiger partial charge is 0.352 e. The molecule has 0 radical (unpaired) electrons. The molecular formula is C19H33Cl2N3O. The lowest BCUT2D eigenvalue weighted by molar-refractivity contribution is -0.131. The van der Waals surface area contributed by atoms with Crippen LogP contribution in [-0.4, -0.2) is 30.4 Å². The van der Waals surface area contributed by atoms with Crippen LogP contribution in [0.3, 0.4) is 0 Å². The average molecular weight is 390 g/mol. The summed E-state index contributed by atoms with van der Waals surface area (Å²) >= 11 is 0. The molecule has 1 aliphatic heterocycles. The maximum Gasteiger partial charge on any atom is 0.227 e. The van der Waals surface area contributed by atoms with E-state index >= 15 is 0 Å². The second-order valence-corrected chi connectivity index (χ2v) is 6.67. The molecular weight excluding hydrogens is 357 g/mol. The maximum atomic E-state index is 12.4. The van der Waals surface area contributed by atoms with E-state index < -0.39 is 5.41 Å². The Morgan fingerprint density at radius 2 is 1.60 bits per heavy atom. The fourth-order valence-electron chi connectivity index (χ4n) is 3.28. The van der Waals surface area contributed by atoms with Gasteiger partial charge in [-0.1, -0.05) is 38.1 Å². The number of hydrogen-bond acceptors (Lipinski definition) is 3. The third-order valence-electron chi connectivity index (χ3n) is 5.31. The van der Waals surface area contributed by atoms with Crippen molar-refractivity contribution in [3.05, 3.63) is 35.4 Å². The molecule has 1 saturated heterocycles. The number of amides is 1. The molecule has 4 nitrogen and oxygen atoms in total. The van der Waals surface area contributed by atoms with Crippen molar-refractivity contribution in [2.75, 3.05) is 19.6 Å². The number of carbonyl (C=O) groups excluding carboxylic acids is 1. The van der Waals surface area contributed by atoms with Gasteiger partial charge in [-0.25, -0.2) is 0 Å². The summed E-state index contributed by atoms with van der Waals surface area (Å²) in [5, 5.41) is 3.06. The average Bonchev–Trinajstić information content (AvgIpc) is 3.09. The summed E-state index contributed by atoms with van der Waals surface area (Å²) in [4.78, 5) is 14.9. The van der Waals surface area contributed by atoms with Crippen molar-refractivity contribution < 1.29 is 4.79 Å². The summed E-state index contributed by atoms with van der Waals surface area (Å²) in [7, 11) is 0. The minimum absolute atomic E-state index is 0. The smallest absolute Gasteiger partial charge is 0.227 e. The lowest BCUT2D eigenvalue weighted by Crippen LogP contribution is -2.45. The van der Waals surface area contributed by atoms with E-state index in [0.29, 0.717) is 13.1 Å². The first-order valence-corrected chi connectivity index (χ1v) is 8.92. The van der Waals surface area contributed by atoms with Crippen LogP contribution in [0.1, 0.15) is 50.7 Å². The second-order valence-electron chi connectivity index (χ2n) is 6.67. The number of halogens is 2. The van der Waals surface area contributed by atoms with Crippen LogP contribution in [0.5, 0.6) is 0 Å². The van der Waals surface area contributed by atoms with Crippen molar-refractivity contribution in [3.8, 4) is 0 Å². The molecule has 1 heterocycles. The molecule has 0 spiro atoms. The fourth-order valence-corrected chi connectivity index (χ4v) is 3.28. The molecule has 1 amide bonds. The Bertz CT molecular complexity index is 490. The highest BCUT2D eigenvalue weighted by Gasteiger charge is 2.32. The normalized spacial score (nSPS) is 14.5. The SMILES string of the molecule is CCC(CC)(CN)C(=O)NCc1ccc(CN2CCCC2)cc1.Cl.Cl. The van der Waals surface area contributed by atoms with E-state index in [4.69, 9.17) is 5.73 Å². The number of nitrogens with one attached hydrogen (secondary N) is 1. The van der Waals surface area contributed by atoms with Crippen LogP contribution in [0, 0.1) is 5.41 Å². The van der Waals surface area contributed by atoms with Crippen molar-refractivity contribution in [2.45, 2.75) is 52.6 Å². The predicted octanol–water partition coefficient (Wildman–Crippen LogP) is 3.51.